The second kappa shape index (κ2) is 7.09. The van der Waals surface area contributed by atoms with Gasteiger partial charge >= 0.3 is 5.97 Å². The standard InChI is InChI=1S/C14H18O4S/c1-5-16-12-10(18-14(15)9(3)4)7-8-11(19)13(12)17-6-2/h7-8,19H,3,5-6H2,1-2,4H3. The van der Waals surface area contributed by atoms with Gasteiger partial charge in [-0.1, -0.05) is 6.58 Å². The normalized spacial score (nSPS) is 9.89. The molecule has 0 unspecified atom stereocenters. The van der Waals surface area contributed by atoms with Crippen LogP contribution in [0.5, 0.6) is 17.2 Å². The van der Waals surface area contributed by atoms with Crippen LogP contribution in [0.25, 0.3) is 0 Å². The highest BCUT2D eigenvalue weighted by molar-refractivity contribution is 7.80. The van der Waals surface area contributed by atoms with E-state index in [4.69, 9.17) is 14.2 Å². The van der Waals surface area contributed by atoms with Gasteiger partial charge in [0.15, 0.2) is 11.5 Å². The SMILES string of the molecule is C=C(C)C(=O)Oc1ccc(S)c(OCC)c1OCC. The van der Waals surface area contributed by atoms with Crippen LogP contribution in [0.3, 0.4) is 0 Å². The van der Waals surface area contributed by atoms with Gasteiger partial charge in [0.05, 0.1) is 18.1 Å². The maximum atomic E-state index is 11.6. The Bertz CT molecular complexity index is 483. The second-order valence-electron chi connectivity index (χ2n) is 3.78. The van der Waals surface area contributed by atoms with Crippen molar-refractivity contribution in [3.8, 4) is 17.2 Å². The molecule has 0 saturated carbocycles. The minimum absolute atomic E-state index is 0.302. The van der Waals surface area contributed by atoms with Crippen molar-refractivity contribution in [1.82, 2.24) is 0 Å². The predicted octanol–water partition coefficient (Wildman–Crippen LogP) is 3.25. The lowest BCUT2D eigenvalue weighted by atomic mass is 10.3. The lowest BCUT2D eigenvalue weighted by Crippen LogP contribution is -2.10. The minimum atomic E-state index is -0.504. The minimum Gasteiger partial charge on any atom is -0.489 e. The van der Waals surface area contributed by atoms with Crippen LogP contribution in [0.2, 0.25) is 0 Å². The Morgan fingerprint density at radius 1 is 1.21 bits per heavy atom. The molecule has 0 amide bonds. The van der Waals surface area contributed by atoms with E-state index in [2.05, 4.69) is 19.2 Å². The molecule has 0 bridgehead atoms. The molecule has 0 N–H and O–H groups in total. The number of hydrogen-bond acceptors (Lipinski definition) is 5. The Labute approximate surface area is 118 Å². The summed E-state index contributed by atoms with van der Waals surface area (Å²) in [6.45, 7) is 9.71. The molecule has 0 aliphatic rings. The maximum Gasteiger partial charge on any atom is 0.338 e. The van der Waals surface area contributed by atoms with E-state index in [0.29, 0.717) is 40.9 Å². The van der Waals surface area contributed by atoms with Crippen molar-refractivity contribution in [2.75, 3.05) is 13.2 Å². The fourth-order valence-corrected chi connectivity index (χ4v) is 1.61. The summed E-state index contributed by atoms with van der Waals surface area (Å²) in [6.07, 6.45) is 0. The van der Waals surface area contributed by atoms with Gasteiger partial charge in [-0.3, -0.25) is 0 Å². The Balaban J connectivity index is 3.19. The van der Waals surface area contributed by atoms with Gasteiger partial charge in [0.25, 0.3) is 0 Å². The van der Waals surface area contributed by atoms with Gasteiger partial charge in [0, 0.05) is 5.57 Å². The molecule has 0 atom stereocenters. The molecule has 5 heteroatoms. The van der Waals surface area contributed by atoms with Gasteiger partial charge in [-0.15, -0.1) is 12.6 Å². The van der Waals surface area contributed by atoms with Crippen molar-refractivity contribution < 1.29 is 19.0 Å². The summed E-state index contributed by atoms with van der Waals surface area (Å²) in [7, 11) is 0. The summed E-state index contributed by atoms with van der Waals surface area (Å²) in [4.78, 5) is 12.2. The summed E-state index contributed by atoms with van der Waals surface area (Å²) in [6, 6.07) is 3.31. The van der Waals surface area contributed by atoms with Crippen LogP contribution in [0.4, 0.5) is 0 Å². The lowest BCUT2D eigenvalue weighted by molar-refractivity contribution is -0.130. The maximum absolute atomic E-state index is 11.6. The van der Waals surface area contributed by atoms with E-state index in [1.165, 1.54) is 0 Å². The van der Waals surface area contributed by atoms with Gasteiger partial charge in [0.1, 0.15) is 0 Å². The fourth-order valence-electron chi connectivity index (χ4n) is 1.37. The molecule has 0 aromatic heterocycles. The van der Waals surface area contributed by atoms with Crippen LogP contribution in [0.15, 0.2) is 29.2 Å². The number of hydrogen-bond donors (Lipinski definition) is 1. The first-order valence-electron chi connectivity index (χ1n) is 6.00. The Kier molecular flexibility index (Phi) is 5.76. The first-order valence-corrected chi connectivity index (χ1v) is 6.45. The smallest absolute Gasteiger partial charge is 0.338 e. The number of carbonyl (C=O) groups is 1. The average Bonchev–Trinajstić information content (AvgIpc) is 2.36. The van der Waals surface area contributed by atoms with Crippen LogP contribution >= 0.6 is 12.6 Å². The third-order valence-electron chi connectivity index (χ3n) is 2.18. The quantitative estimate of drug-likeness (QED) is 0.376. The van der Waals surface area contributed by atoms with Gasteiger partial charge in [-0.25, -0.2) is 4.79 Å². The van der Waals surface area contributed by atoms with E-state index in [1.54, 1.807) is 19.1 Å². The van der Waals surface area contributed by atoms with E-state index in [9.17, 15) is 4.79 Å². The predicted molar refractivity (Wildman–Crippen MR) is 76.5 cm³/mol. The molecule has 0 heterocycles. The molecular formula is C14H18O4S. The highest BCUT2D eigenvalue weighted by Crippen LogP contribution is 2.42. The summed E-state index contributed by atoms with van der Waals surface area (Å²) in [5.41, 5.74) is 0.315. The third kappa shape index (κ3) is 3.92. The van der Waals surface area contributed by atoms with E-state index in [1.807, 2.05) is 13.8 Å². The molecule has 104 valence electrons. The molecule has 19 heavy (non-hydrogen) atoms. The number of esters is 1. The van der Waals surface area contributed by atoms with Crippen LogP contribution in [-0.2, 0) is 4.79 Å². The molecule has 0 spiro atoms. The number of rotatable bonds is 6. The number of thiol groups is 1. The lowest BCUT2D eigenvalue weighted by Gasteiger charge is -2.16. The zero-order valence-electron chi connectivity index (χ0n) is 11.4. The van der Waals surface area contributed by atoms with Crippen LogP contribution in [0.1, 0.15) is 20.8 Å². The molecule has 1 aromatic rings. The summed E-state index contributed by atoms with van der Waals surface area (Å²) in [5.74, 6) is 0.651. The van der Waals surface area contributed by atoms with Gasteiger partial charge in [-0.05, 0) is 32.9 Å². The van der Waals surface area contributed by atoms with Crippen molar-refractivity contribution >= 4 is 18.6 Å². The largest absolute Gasteiger partial charge is 0.489 e. The third-order valence-corrected chi connectivity index (χ3v) is 2.54. The Hall–Kier alpha value is -1.62. The van der Waals surface area contributed by atoms with Crippen LogP contribution in [-0.4, -0.2) is 19.2 Å². The number of ether oxygens (including phenoxy) is 3. The molecule has 0 radical (unpaired) electrons. The fraction of sp³-hybridized carbons (Fsp3) is 0.357. The molecule has 1 aromatic carbocycles. The Morgan fingerprint density at radius 3 is 2.32 bits per heavy atom. The van der Waals surface area contributed by atoms with E-state index in [-0.39, 0.29) is 0 Å². The van der Waals surface area contributed by atoms with Gasteiger partial charge in [-0.2, -0.15) is 0 Å². The molecule has 0 fully saturated rings. The summed E-state index contributed by atoms with van der Waals surface area (Å²) >= 11 is 4.31. The second-order valence-corrected chi connectivity index (χ2v) is 4.26. The first-order chi connectivity index (χ1) is 9.01. The van der Waals surface area contributed by atoms with Crippen molar-refractivity contribution in [1.29, 1.82) is 0 Å². The molecule has 0 saturated heterocycles. The van der Waals surface area contributed by atoms with E-state index >= 15 is 0 Å². The number of benzene rings is 1. The zero-order chi connectivity index (χ0) is 14.4. The monoisotopic (exact) mass is 282 g/mol. The average molecular weight is 282 g/mol. The number of carbonyl (C=O) groups excluding carboxylic acids is 1. The molecule has 0 aliphatic heterocycles. The van der Waals surface area contributed by atoms with Crippen molar-refractivity contribution in [3.63, 3.8) is 0 Å². The van der Waals surface area contributed by atoms with E-state index in [0.717, 1.165) is 0 Å². The van der Waals surface area contributed by atoms with E-state index < -0.39 is 5.97 Å². The molecule has 1 rings (SSSR count). The highest BCUT2D eigenvalue weighted by atomic mass is 32.1. The van der Waals surface area contributed by atoms with Gasteiger partial charge in [0.2, 0.25) is 5.75 Å². The van der Waals surface area contributed by atoms with Crippen molar-refractivity contribution in [3.05, 3.63) is 24.3 Å². The molecule has 0 aliphatic carbocycles. The highest BCUT2D eigenvalue weighted by Gasteiger charge is 2.18. The van der Waals surface area contributed by atoms with Crippen molar-refractivity contribution in [2.45, 2.75) is 25.7 Å². The molecule has 4 nitrogen and oxygen atoms in total. The van der Waals surface area contributed by atoms with Crippen molar-refractivity contribution in [2.24, 2.45) is 0 Å². The summed E-state index contributed by atoms with van der Waals surface area (Å²) in [5, 5.41) is 0. The van der Waals surface area contributed by atoms with Gasteiger partial charge < -0.3 is 14.2 Å². The summed E-state index contributed by atoms with van der Waals surface area (Å²) < 4.78 is 16.2. The van der Waals surface area contributed by atoms with Crippen LogP contribution in [0, 0.1) is 0 Å². The first kappa shape index (κ1) is 15.4. The topological polar surface area (TPSA) is 44.8 Å². The Morgan fingerprint density at radius 2 is 1.79 bits per heavy atom. The molecular weight excluding hydrogens is 264 g/mol. The van der Waals surface area contributed by atoms with Crippen LogP contribution < -0.4 is 14.2 Å². The zero-order valence-corrected chi connectivity index (χ0v) is 12.3.